The average molecular weight is 496 g/mol. The molecule has 0 aromatic heterocycles. The van der Waals surface area contributed by atoms with Gasteiger partial charge in [0.15, 0.2) is 5.96 Å². The van der Waals surface area contributed by atoms with Crippen LogP contribution in [0.25, 0.3) is 0 Å². The predicted molar refractivity (Wildman–Crippen MR) is 119 cm³/mol. The van der Waals surface area contributed by atoms with Crippen molar-refractivity contribution >= 4 is 41.5 Å². The molecule has 1 atom stereocenters. The number of guanidine groups is 1. The number of hydrogen-bond acceptors (Lipinski definition) is 3. The molecule has 0 amide bonds. The summed E-state index contributed by atoms with van der Waals surface area (Å²) in [6.45, 7) is 9.27. The molecule has 0 bridgehead atoms. The van der Waals surface area contributed by atoms with Crippen molar-refractivity contribution in [2.75, 3.05) is 46.5 Å². The van der Waals surface area contributed by atoms with E-state index in [1.807, 2.05) is 25.1 Å². The van der Waals surface area contributed by atoms with Gasteiger partial charge in [-0.1, -0.05) is 11.6 Å². The van der Waals surface area contributed by atoms with Crippen molar-refractivity contribution in [2.45, 2.75) is 26.7 Å². The SMILES string of the molecule is CCNC(=NCCCOc1ccc(Cl)cc1C)N1CCC(COC)C1.I. The summed E-state index contributed by atoms with van der Waals surface area (Å²) in [5.74, 6) is 2.50. The van der Waals surface area contributed by atoms with Crippen molar-refractivity contribution in [1.29, 1.82) is 0 Å². The van der Waals surface area contributed by atoms with Crippen molar-refractivity contribution in [2.24, 2.45) is 10.9 Å². The van der Waals surface area contributed by atoms with Gasteiger partial charge in [0.2, 0.25) is 0 Å². The second-order valence-corrected chi connectivity index (χ2v) is 6.84. The molecule has 1 saturated heterocycles. The molecular formula is C19H31ClIN3O2. The lowest BCUT2D eigenvalue weighted by molar-refractivity contribution is 0.157. The molecule has 1 unspecified atom stereocenters. The van der Waals surface area contributed by atoms with Gasteiger partial charge in [-0.15, -0.1) is 24.0 Å². The minimum Gasteiger partial charge on any atom is -0.493 e. The van der Waals surface area contributed by atoms with Gasteiger partial charge in [-0.05, 0) is 44.0 Å². The molecule has 0 aliphatic carbocycles. The van der Waals surface area contributed by atoms with Gasteiger partial charge in [0.05, 0.1) is 13.2 Å². The molecule has 0 saturated carbocycles. The van der Waals surface area contributed by atoms with Crippen LogP contribution < -0.4 is 10.1 Å². The van der Waals surface area contributed by atoms with E-state index < -0.39 is 0 Å². The van der Waals surface area contributed by atoms with Gasteiger partial charge in [-0.25, -0.2) is 0 Å². The number of halogens is 2. The Balaban J connectivity index is 0.00000338. The summed E-state index contributed by atoms with van der Waals surface area (Å²) in [5, 5.41) is 4.13. The quantitative estimate of drug-likeness (QED) is 0.257. The van der Waals surface area contributed by atoms with Crippen LogP contribution in [0.2, 0.25) is 5.02 Å². The highest BCUT2D eigenvalue weighted by atomic mass is 127. The van der Waals surface area contributed by atoms with Gasteiger partial charge in [0.25, 0.3) is 0 Å². The highest BCUT2D eigenvalue weighted by molar-refractivity contribution is 14.0. The lowest BCUT2D eigenvalue weighted by atomic mass is 10.1. The van der Waals surface area contributed by atoms with Crippen LogP contribution in [0.15, 0.2) is 23.2 Å². The fourth-order valence-corrected chi connectivity index (χ4v) is 3.26. The molecule has 26 heavy (non-hydrogen) atoms. The zero-order valence-electron chi connectivity index (χ0n) is 16.0. The van der Waals surface area contributed by atoms with Crippen LogP contribution in [0.4, 0.5) is 0 Å². The van der Waals surface area contributed by atoms with Gasteiger partial charge in [0, 0.05) is 50.7 Å². The number of benzene rings is 1. The molecule has 1 aliphatic rings. The lowest BCUT2D eigenvalue weighted by Crippen LogP contribution is -2.40. The van der Waals surface area contributed by atoms with Crippen LogP contribution in [-0.2, 0) is 4.74 Å². The van der Waals surface area contributed by atoms with E-state index in [2.05, 4.69) is 17.1 Å². The van der Waals surface area contributed by atoms with Crippen molar-refractivity contribution in [3.05, 3.63) is 28.8 Å². The van der Waals surface area contributed by atoms with Gasteiger partial charge in [-0.3, -0.25) is 4.99 Å². The zero-order chi connectivity index (χ0) is 18.1. The Labute approximate surface area is 179 Å². The van der Waals surface area contributed by atoms with E-state index in [0.717, 1.165) is 67.9 Å². The monoisotopic (exact) mass is 495 g/mol. The minimum absolute atomic E-state index is 0. The maximum atomic E-state index is 5.96. The lowest BCUT2D eigenvalue weighted by Gasteiger charge is -2.21. The van der Waals surface area contributed by atoms with Crippen molar-refractivity contribution < 1.29 is 9.47 Å². The average Bonchev–Trinajstić information content (AvgIpc) is 3.04. The number of nitrogens with zero attached hydrogens (tertiary/aromatic N) is 2. The van der Waals surface area contributed by atoms with Crippen LogP contribution >= 0.6 is 35.6 Å². The molecule has 2 rings (SSSR count). The second-order valence-electron chi connectivity index (χ2n) is 6.40. The number of hydrogen-bond donors (Lipinski definition) is 1. The van der Waals surface area contributed by atoms with Crippen LogP contribution in [0, 0.1) is 12.8 Å². The number of likely N-dealkylation sites (tertiary alicyclic amines) is 1. The van der Waals surface area contributed by atoms with Gasteiger partial charge in [-0.2, -0.15) is 0 Å². The fraction of sp³-hybridized carbons (Fsp3) is 0.632. The molecule has 1 fully saturated rings. The molecule has 1 aliphatic heterocycles. The maximum Gasteiger partial charge on any atom is 0.193 e. The third kappa shape index (κ3) is 7.48. The highest BCUT2D eigenvalue weighted by Crippen LogP contribution is 2.21. The molecule has 1 heterocycles. The third-order valence-corrected chi connectivity index (χ3v) is 4.52. The Morgan fingerprint density at radius 3 is 2.92 bits per heavy atom. The Hall–Kier alpha value is -0.730. The summed E-state index contributed by atoms with van der Waals surface area (Å²) in [6, 6.07) is 5.70. The number of aryl methyl sites for hydroxylation is 1. The number of nitrogens with one attached hydrogen (secondary N) is 1. The molecule has 1 N–H and O–H groups in total. The van der Waals surface area contributed by atoms with E-state index in [-0.39, 0.29) is 24.0 Å². The smallest absolute Gasteiger partial charge is 0.193 e. The van der Waals surface area contributed by atoms with Gasteiger partial charge in [0.1, 0.15) is 5.75 Å². The van der Waals surface area contributed by atoms with Crippen molar-refractivity contribution in [3.8, 4) is 5.75 Å². The van der Waals surface area contributed by atoms with Gasteiger partial charge >= 0.3 is 0 Å². The first-order chi connectivity index (χ1) is 12.1. The molecular weight excluding hydrogens is 465 g/mol. The second kappa shape index (κ2) is 12.6. The molecule has 1 aromatic rings. The minimum atomic E-state index is 0. The van der Waals surface area contributed by atoms with E-state index in [0.29, 0.717) is 12.5 Å². The Kier molecular flexibility index (Phi) is 11.3. The van der Waals surface area contributed by atoms with E-state index in [1.165, 1.54) is 0 Å². The number of ether oxygens (including phenoxy) is 2. The van der Waals surface area contributed by atoms with Crippen LogP contribution in [-0.4, -0.2) is 57.4 Å². The van der Waals surface area contributed by atoms with E-state index in [9.17, 15) is 0 Å². The summed E-state index contributed by atoms with van der Waals surface area (Å²) >= 11 is 5.96. The first-order valence-corrected chi connectivity index (χ1v) is 9.43. The summed E-state index contributed by atoms with van der Waals surface area (Å²) < 4.78 is 11.1. The van der Waals surface area contributed by atoms with Crippen LogP contribution in [0.1, 0.15) is 25.3 Å². The van der Waals surface area contributed by atoms with E-state index in [1.54, 1.807) is 7.11 Å². The molecule has 5 nitrogen and oxygen atoms in total. The molecule has 0 spiro atoms. The number of rotatable bonds is 8. The normalized spacial score (nSPS) is 17.2. The largest absolute Gasteiger partial charge is 0.493 e. The predicted octanol–water partition coefficient (Wildman–Crippen LogP) is 3.97. The summed E-state index contributed by atoms with van der Waals surface area (Å²) in [6.07, 6.45) is 2.05. The molecule has 0 radical (unpaired) electrons. The van der Waals surface area contributed by atoms with Crippen molar-refractivity contribution in [1.82, 2.24) is 10.2 Å². The van der Waals surface area contributed by atoms with E-state index >= 15 is 0 Å². The highest BCUT2D eigenvalue weighted by Gasteiger charge is 2.24. The van der Waals surface area contributed by atoms with E-state index in [4.69, 9.17) is 26.1 Å². The standard InChI is InChI=1S/C19H30ClN3O2.HI/c1-4-21-19(23-10-8-16(13-23)14-24-3)22-9-5-11-25-18-7-6-17(20)12-15(18)2;/h6-7,12,16H,4-5,8-11,13-14H2,1-3H3,(H,21,22);1H. The molecule has 7 heteroatoms. The number of methoxy groups -OCH3 is 1. The Morgan fingerprint density at radius 2 is 2.23 bits per heavy atom. The van der Waals surface area contributed by atoms with Crippen LogP contribution in [0.3, 0.4) is 0 Å². The summed E-state index contributed by atoms with van der Waals surface area (Å²) in [5.41, 5.74) is 1.06. The fourth-order valence-electron chi connectivity index (χ4n) is 3.03. The first-order valence-electron chi connectivity index (χ1n) is 9.05. The first kappa shape index (κ1) is 23.3. The molecule has 148 valence electrons. The Bertz CT molecular complexity index is 572. The maximum absolute atomic E-state index is 5.96. The Morgan fingerprint density at radius 1 is 1.42 bits per heavy atom. The van der Waals surface area contributed by atoms with Crippen LogP contribution in [0.5, 0.6) is 5.75 Å². The summed E-state index contributed by atoms with van der Waals surface area (Å²) in [7, 11) is 1.77. The summed E-state index contributed by atoms with van der Waals surface area (Å²) in [4.78, 5) is 7.08. The van der Waals surface area contributed by atoms with Gasteiger partial charge < -0.3 is 19.7 Å². The topological polar surface area (TPSA) is 46.1 Å². The zero-order valence-corrected chi connectivity index (χ0v) is 19.0. The number of aliphatic imine (C=N–C) groups is 1. The molecule has 1 aromatic carbocycles. The third-order valence-electron chi connectivity index (χ3n) is 4.28. The van der Waals surface area contributed by atoms with Crippen molar-refractivity contribution in [3.63, 3.8) is 0 Å².